The predicted molar refractivity (Wildman–Crippen MR) is 102 cm³/mol. The Bertz CT molecular complexity index is 1100. The molecule has 150 valence electrons. The second kappa shape index (κ2) is 5.73. The molecule has 2 heterocycles. The summed E-state index contributed by atoms with van der Waals surface area (Å²) in [6.45, 7) is 1.19. The van der Waals surface area contributed by atoms with Gasteiger partial charge in [-0.25, -0.2) is 9.18 Å². The summed E-state index contributed by atoms with van der Waals surface area (Å²) in [6, 6.07) is 1.08. The van der Waals surface area contributed by atoms with Crippen LogP contribution in [0.5, 0.6) is 5.75 Å². The molecule has 2 aliphatic carbocycles. The zero-order valence-electron chi connectivity index (χ0n) is 15.7. The predicted octanol–water partition coefficient (Wildman–Crippen LogP) is 0.568. The van der Waals surface area contributed by atoms with Gasteiger partial charge in [0.05, 0.1) is 12.5 Å². The van der Waals surface area contributed by atoms with Crippen LogP contribution in [0, 0.1) is 17.2 Å². The monoisotopic (exact) mass is 390 g/mol. The molecule has 28 heavy (non-hydrogen) atoms. The Morgan fingerprint density at radius 3 is 2.61 bits per heavy atom. The van der Waals surface area contributed by atoms with E-state index < -0.39 is 17.1 Å². The molecule has 8 nitrogen and oxygen atoms in total. The van der Waals surface area contributed by atoms with Gasteiger partial charge in [-0.15, -0.1) is 0 Å². The summed E-state index contributed by atoms with van der Waals surface area (Å²) >= 11 is 0. The fourth-order valence-corrected chi connectivity index (χ4v) is 4.78. The number of hydrogen-bond donors (Lipinski definition) is 2. The Labute approximate surface area is 159 Å². The molecule has 3 aliphatic rings. The van der Waals surface area contributed by atoms with Gasteiger partial charge < -0.3 is 20.6 Å². The number of rotatable bonds is 4. The minimum Gasteiger partial charge on any atom is -0.492 e. The van der Waals surface area contributed by atoms with Crippen molar-refractivity contribution in [2.45, 2.75) is 31.7 Å². The summed E-state index contributed by atoms with van der Waals surface area (Å²) in [5.74, 6) is 5.34. The largest absolute Gasteiger partial charge is 0.492 e. The number of fused-ring (bicyclic) bond motifs is 1. The smallest absolute Gasteiger partial charge is 0.350 e. The van der Waals surface area contributed by atoms with Crippen LogP contribution in [0.4, 0.5) is 10.1 Å². The van der Waals surface area contributed by atoms with Crippen LogP contribution in [-0.4, -0.2) is 41.2 Å². The van der Waals surface area contributed by atoms with Gasteiger partial charge in [-0.1, -0.05) is 0 Å². The molecule has 3 N–H and O–H groups in total. The molecule has 0 bridgehead atoms. The molecule has 1 atom stereocenters. The highest BCUT2D eigenvalue weighted by atomic mass is 19.1. The van der Waals surface area contributed by atoms with Gasteiger partial charge in [-0.2, -0.15) is 4.68 Å². The van der Waals surface area contributed by atoms with E-state index in [-0.39, 0.29) is 40.8 Å². The molecule has 3 fully saturated rings. The normalized spacial score (nSPS) is 23.0. The number of aliphatic hydroxyl groups is 1. The number of nitrogens with two attached hydrogens (primary N) is 1. The highest BCUT2D eigenvalue weighted by molar-refractivity contribution is 5.91. The third kappa shape index (κ3) is 2.25. The lowest BCUT2D eigenvalue weighted by molar-refractivity contribution is 0.197. The second-order valence-electron chi connectivity index (χ2n) is 8.32. The number of benzene rings is 1. The molecule has 1 aromatic heterocycles. The Kier molecular flexibility index (Phi) is 3.59. The van der Waals surface area contributed by atoms with E-state index in [0.29, 0.717) is 23.3 Å². The molecule has 0 radical (unpaired) electrons. The van der Waals surface area contributed by atoms with Gasteiger partial charge in [-0.05, 0) is 37.2 Å². The van der Waals surface area contributed by atoms with Gasteiger partial charge in [0.2, 0.25) is 0 Å². The van der Waals surface area contributed by atoms with Crippen LogP contribution in [0.15, 0.2) is 15.7 Å². The molecule has 5 rings (SSSR count). The molecule has 9 heteroatoms. The van der Waals surface area contributed by atoms with E-state index in [1.54, 1.807) is 0 Å². The molecular weight excluding hydrogens is 367 g/mol. The molecule has 1 aromatic carbocycles. The maximum absolute atomic E-state index is 15.2. The highest BCUT2D eigenvalue weighted by Gasteiger charge is 2.55. The summed E-state index contributed by atoms with van der Waals surface area (Å²) in [6.07, 6.45) is 3.61. The van der Waals surface area contributed by atoms with Gasteiger partial charge in [0, 0.05) is 31.7 Å². The Balaban J connectivity index is 1.79. The van der Waals surface area contributed by atoms with Crippen LogP contribution in [0.1, 0.15) is 31.7 Å². The van der Waals surface area contributed by atoms with Crippen LogP contribution in [0.2, 0.25) is 0 Å². The van der Waals surface area contributed by atoms with E-state index in [0.717, 1.165) is 31.7 Å². The molecule has 0 amide bonds. The van der Waals surface area contributed by atoms with E-state index in [1.165, 1.54) is 11.7 Å². The molecule has 1 unspecified atom stereocenters. The topological polar surface area (TPSA) is 103 Å². The average molecular weight is 390 g/mol. The zero-order chi connectivity index (χ0) is 19.8. The van der Waals surface area contributed by atoms with Crippen molar-refractivity contribution in [3.05, 3.63) is 32.7 Å². The van der Waals surface area contributed by atoms with Gasteiger partial charge in [-0.3, -0.25) is 9.36 Å². The van der Waals surface area contributed by atoms with E-state index in [2.05, 4.69) is 0 Å². The Morgan fingerprint density at radius 2 is 2.07 bits per heavy atom. The SMILES string of the molecule is COc1c(N2CC(CO)C3(CC3)C2)c(F)cc2c(=O)n(N)c(=O)n(C3CC3)c12. The van der Waals surface area contributed by atoms with E-state index >= 15 is 4.39 Å². The fraction of sp³-hybridized carbons (Fsp3) is 0.579. The maximum Gasteiger partial charge on any atom is 0.350 e. The molecule has 2 aromatic rings. The lowest BCUT2D eigenvalue weighted by atomic mass is 9.94. The second-order valence-corrected chi connectivity index (χ2v) is 8.32. The van der Waals surface area contributed by atoms with Crippen LogP contribution < -0.4 is 26.7 Å². The minimum absolute atomic E-state index is 0.0258. The summed E-state index contributed by atoms with van der Waals surface area (Å²) in [5, 5.41) is 9.78. The van der Waals surface area contributed by atoms with Crippen LogP contribution >= 0.6 is 0 Å². The molecule has 1 saturated heterocycles. The first kappa shape index (κ1) is 17.5. The lowest BCUT2D eigenvalue weighted by Gasteiger charge is -2.24. The van der Waals surface area contributed by atoms with Crippen molar-refractivity contribution in [2.75, 3.05) is 37.5 Å². The summed E-state index contributed by atoms with van der Waals surface area (Å²) in [5.41, 5.74) is -0.786. The van der Waals surface area contributed by atoms with Crippen LogP contribution in [0.25, 0.3) is 10.9 Å². The first-order valence-corrected chi connectivity index (χ1v) is 9.60. The summed E-state index contributed by atoms with van der Waals surface area (Å²) in [4.78, 5) is 27.1. The molecule has 1 spiro atoms. The minimum atomic E-state index is -0.742. The zero-order valence-corrected chi connectivity index (χ0v) is 15.7. The van der Waals surface area contributed by atoms with Crippen molar-refractivity contribution in [3.63, 3.8) is 0 Å². The van der Waals surface area contributed by atoms with Crippen molar-refractivity contribution in [1.82, 2.24) is 9.24 Å². The Hall–Kier alpha value is -2.55. The maximum atomic E-state index is 15.2. The first-order valence-electron chi connectivity index (χ1n) is 9.60. The highest BCUT2D eigenvalue weighted by Crippen LogP contribution is 2.58. The molecule has 1 aliphatic heterocycles. The summed E-state index contributed by atoms with van der Waals surface area (Å²) in [7, 11) is 1.42. The van der Waals surface area contributed by atoms with Crippen molar-refractivity contribution < 1.29 is 14.2 Å². The number of aliphatic hydroxyl groups excluding tert-OH is 1. The van der Waals surface area contributed by atoms with Crippen LogP contribution in [-0.2, 0) is 0 Å². The van der Waals surface area contributed by atoms with Crippen molar-refractivity contribution in [1.29, 1.82) is 0 Å². The van der Waals surface area contributed by atoms with Gasteiger partial charge >= 0.3 is 5.69 Å². The van der Waals surface area contributed by atoms with E-state index in [1.807, 2.05) is 4.90 Å². The van der Waals surface area contributed by atoms with E-state index in [9.17, 15) is 14.7 Å². The average Bonchev–Trinajstić information content (AvgIpc) is 3.59. The standard InChI is InChI=1S/C19H23FN4O4/c1-28-16-14-12(17(26)24(21)18(27)23(14)11-2-3-11)6-13(20)15(16)22-7-10(8-25)19(9-22)4-5-19/h6,10-11,25H,2-5,7-9,21H2,1H3. The quantitative estimate of drug-likeness (QED) is 0.740. The lowest BCUT2D eigenvalue weighted by Crippen LogP contribution is -2.44. The number of hydrogen-bond acceptors (Lipinski definition) is 6. The number of nitrogen functional groups attached to an aromatic ring is 1. The molecule has 2 saturated carbocycles. The van der Waals surface area contributed by atoms with Crippen LogP contribution in [0.3, 0.4) is 0 Å². The van der Waals surface area contributed by atoms with Gasteiger partial charge in [0.25, 0.3) is 5.56 Å². The van der Waals surface area contributed by atoms with Crippen molar-refractivity contribution >= 4 is 16.6 Å². The number of nitrogens with zero attached hydrogens (tertiary/aromatic N) is 3. The third-order valence-electron chi connectivity index (χ3n) is 6.64. The van der Waals surface area contributed by atoms with Crippen molar-refractivity contribution in [2.24, 2.45) is 11.3 Å². The fourth-order valence-electron chi connectivity index (χ4n) is 4.78. The molecular formula is C19H23FN4O4. The van der Waals surface area contributed by atoms with E-state index in [4.69, 9.17) is 10.6 Å². The van der Waals surface area contributed by atoms with Gasteiger partial charge in [0.15, 0.2) is 11.6 Å². The number of anilines is 1. The van der Waals surface area contributed by atoms with Crippen molar-refractivity contribution in [3.8, 4) is 5.75 Å². The van der Waals surface area contributed by atoms with Gasteiger partial charge in [0.1, 0.15) is 11.2 Å². The number of methoxy groups -OCH3 is 1. The third-order valence-corrected chi connectivity index (χ3v) is 6.64. The summed E-state index contributed by atoms with van der Waals surface area (Å²) < 4.78 is 22.8. The Morgan fingerprint density at radius 1 is 1.36 bits per heavy atom. The number of aromatic nitrogens is 2. The number of ether oxygens (including phenoxy) is 1. The first-order chi connectivity index (χ1) is 13.4. The number of halogens is 1.